The Balaban J connectivity index is 1.73. The van der Waals surface area contributed by atoms with E-state index in [1.807, 2.05) is 0 Å². The van der Waals surface area contributed by atoms with Gasteiger partial charge in [0.15, 0.2) is 5.65 Å². The Hall–Kier alpha value is -3.10. The lowest BCUT2D eigenvalue weighted by Gasteiger charge is -2.15. The summed E-state index contributed by atoms with van der Waals surface area (Å²) in [6, 6.07) is 3.88. The fourth-order valence-corrected chi connectivity index (χ4v) is 2.98. The molecule has 1 aliphatic heterocycles. The minimum Gasteiger partial charge on any atom is -0.490 e. The van der Waals surface area contributed by atoms with Crippen molar-refractivity contribution in [3.05, 3.63) is 53.5 Å². The van der Waals surface area contributed by atoms with Crippen LogP contribution in [-0.2, 0) is 12.6 Å². The van der Waals surface area contributed by atoms with E-state index in [1.54, 1.807) is 19.2 Å². The maximum Gasteiger partial charge on any atom is 0.418 e. The van der Waals surface area contributed by atoms with Gasteiger partial charge in [-0.2, -0.15) is 18.3 Å². The van der Waals surface area contributed by atoms with Crippen LogP contribution >= 0.6 is 0 Å². The number of anilines is 1. The minimum atomic E-state index is -4.63. The van der Waals surface area contributed by atoms with Crippen molar-refractivity contribution in [2.75, 3.05) is 5.32 Å². The average molecular weight is 362 g/mol. The number of benzene rings is 1. The van der Waals surface area contributed by atoms with Gasteiger partial charge in [-0.15, -0.1) is 0 Å². The Morgan fingerprint density at radius 2 is 2.19 bits per heavy atom. The number of nitrogens with zero attached hydrogens (tertiary/aromatic N) is 3. The molecule has 0 aliphatic carbocycles. The molecule has 1 aromatic carbocycles. The van der Waals surface area contributed by atoms with Gasteiger partial charge in [0.2, 0.25) is 0 Å². The molecule has 6 nitrogen and oxygen atoms in total. The first-order valence-electron chi connectivity index (χ1n) is 7.83. The van der Waals surface area contributed by atoms with Crippen molar-refractivity contribution in [1.29, 1.82) is 0 Å². The summed E-state index contributed by atoms with van der Waals surface area (Å²) in [6.07, 6.45) is -0.0253. The second-order valence-corrected chi connectivity index (χ2v) is 6.04. The van der Waals surface area contributed by atoms with Gasteiger partial charge in [-0.1, -0.05) is 0 Å². The molecule has 0 saturated carbocycles. The molecular formula is C17H13F3N4O2. The first-order chi connectivity index (χ1) is 12.3. The molecule has 1 aliphatic rings. The fraction of sp³-hybridized carbons (Fsp3) is 0.235. The number of hydrogen-bond donors (Lipinski definition) is 1. The molecule has 0 radical (unpaired) electrons. The van der Waals surface area contributed by atoms with E-state index in [0.29, 0.717) is 12.0 Å². The summed E-state index contributed by atoms with van der Waals surface area (Å²) in [6.45, 7) is 1.77. The molecule has 0 bridgehead atoms. The Morgan fingerprint density at radius 3 is 2.96 bits per heavy atom. The van der Waals surface area contributed by atoms with Gasteiger partial charge in [0, 0.05) is 18.8 Å². The van der Waals surface area contributed by atoms with Crippen LogP contribution in [0.4, 0.5) is 18.9 Å². The second-order valence-electron chi connectivity index (χ2n) is 6.04. The van der Waals surface area contributed by atoms with Crippen molar-refractivity contribution >= 4 is 17.2 Å². The molecule has 134 valence electrons. The van der Waals surface area contributed by atoms with Crippen LogP contribution in [0.25, 0.3) is 5.65 Å². The van der Waals surface area contributed by atoms with Crippen LogP contribution in [0.2, 0.25) is 0 Å². The lowest BCUT2D eigenvalue weighted by Crippen LogP contribution is -2.17. The van der Waals surface area contributed by atoms with Crippen LogP contribution in [-0.4, -0.2) is 26.6 Å². The van der Waals surface area contributed by atoms with E-state index in [-0.39, 0.29) is 28.8 Å². The molecule has 2 aromatic heterocycles. The molecule has 0 fully saturated rings. The zero-order valence-corrected chi connectivity index (χ0v) is 13.5. The smallest absolute Gasteiger partial charge is 0.418 e. The fourth-order valence-electron chi connectivity index (χ4n) is 2.98. The minimum absolute atomic E-state index is 0.0869. The maximum absolute atomic E-state index is 13.4. The van der Waals surface area contributed by atoms with Crippen molar-refractivity contribution in [2.45, 2.75) is 25.6 Å². The van der Waals surface area contributed by atoms with Crippen molar-refractivity contribution in [2.24, 2.45) is 0 Å². The summed E-state index contributed by atoms with van der Waals surface area (Å²) in [5.41, 5.74) is -0.295. The molecule has 3 aromatic rings. The first-order valence-corrected chi connectivity index (χ1v) is 7.83. The average Bonchev–Trinajstić information content (AvgIpc) is 3.15. The third kappa shape index (κ3) is 2.75. The Morgan fingerprint density at radius 1 is 1.38 bits per heavy atom. The van der Waals surface area contributed by atoms with Crippen LogP contribution in [0.3, 0.4) is 0 Å². The van der Waals surface area contributed by atoms with Crippen molar-refractivity contribution in [1.82, 2.24) is 14.6 Å². The number of nitrogens with one attached hydrogen (secondary N) is 1. The van der Waals surface area contributed by atoms with Gasteiger partial charge in [-0.05, 0) is 30.7 Å². The van der Waals surface area contributed by atoms with Crippen LogP contribution < -0.4 is 10.1 Å². The number of rotatable bonds is 2. The van der Waals surface area contributed by atoms with Crippen molar-refractivity contribution in [3.8, 4) is 5.75 Å². The van der Waals surface area contributed by atoms with Gasteiger partial charge in [0.1, 0.15) is 17.4 Å². The summed E-state index contributed by atoms with van der Waals surface area (Å²) < 4.78 is 47.0. The van der Waals surface area contributed by atoms with Gasteiger partial charge >= 0.3 is 6.18 Å². The summed E-state index contributed by atoms with van der Waals surface area (Å²) in [5.74, 6) is -0.517. The number of carbonyl (C=O) groups excluding carboxylic acids is 1. The van der Waals surface area contributed by atoms with E-state index in [0.717, 1.165) is 6.07 Å². The quantitative estimate of drug-likeness (QED) is 0.759. The van der Waals surface area contributed by atoms with E-state index in [1.165, 1.54) is 23.0 Å². The summed E-state index contributed by atoms with van der Waals surface area (Å²) in [5, 5.41) is 6.32. The SMILES string of the molecule is CC1Cc2cc(NC(=O)c3cnn4cccnc34)c(C(F)(F)F)cc2O1. The molecule has 0 spiro atoms. The topological polar surface area (TPSA) is 68.5 Å². The Labute approximate surface area is 145 Å². The molecule has 0 saturated heterocycles. The van der Waals surface area contributed by atoms with Gasteiger partial charge < -0.3 is 10.1 Å². The standard InChI is InChI=1S/C17H13F3N4O2/c1-9-5-10-6-13(12(17(18,19)20)7-14(10)26-9)23-16(25)11-8-22-24-4-2-3-21-15(11)24/h2-4,6-9H,5H2,1H3,(H,23,25). The molecule has 1 unspecified atom stereocenters. The third-order valence-corrected chi connectivity index (χ3v) is 4.11. The normalized spacial score (nSPS) is 16.4. The molecule has 1 amide bonds. The highest BCUT2D eigenvalue weighted by Crippen LogP contribution is 2.41. The largest absolute Gasteiger partial charge is 0.490 e. The number of halogens is 3. The van der Waals surface area contributed by atoms with Crippen LogP contribution in [0, 0.1) is 0 Å². The summed E-state index contributed by atoms with van der Waals surface area (Å²) in [4.78, 5) is 16.6. The van der Waals surface area contributed by atoms with Crippen molar-refractivity contribution in [3.63, 3.8) is 0 Å². The zero-order chi connectivity index (χ0) is 18.5. The predicted octanol–water partition coefficient (Wildman–Crippen LogP) is 3.32. The highest BCUT2D eigenvalue weighted by atomic mass is 19.4. The van der Waals surface area contributed by atoms with Gasteiger partial charge in [-0.25, -0.2) is 9.50 Å². The molecule has 26 heavy (non-hydrogen) atoms. The molecule has 9 heteroatoms. The molecule has 4 rings (SSSR count). The van der Waals surface area contributed by atoms with Crippen LogP contribution in [0.15, 0.2) is 36.8 Å². The molecule has 1 N–H and O–H groups in total. The highest BCUT2D eigenvalue weighted by molar-refractivity contribution is 6.08. The Kier molecular flexibility index (Phi) is 3.60. The number of alkyl halides is 3. The summed E-state index contributed by atoms with van der Waals surface area (Å²) in [7, 11) is 0. The predicted molar refractivity (Wildman–Crippen MR) is 86.2 cm³/mol. The van der Waals surface area contributed by atoms with E-state index < -0.39 is 17.6 Å². The van der Waals surface area contributed by atoms with Gasteiger partial charge in [-0.3, -0.25) is 4.79 Å². The van der Waals surface area contributed by atoms with Gasteiger partial charge in [0.05, 0.1) is 17.4 Å². The number of fused-ring (bicyclic) bond motifs is 2. The second kappa shape index (κ2) is 5.72. The zero-order valence-electron chi connectivity index (χ0n) is 13.5. The molecular weight excluding hydrogens is 349 g/mol. The molecule has 3 heterocycles. The van der Waals surface area contributed by atoms with E-state index in [2.05, 4.69) is 15.4 Å². The van der Waals surface area contributed by atoms with Crippen LogP contribution in [0.5, 0.6) is 5.75 Å². The third-order valence-electron chi connectivity index (χ3n) is 4.11. The molecule has 1 atom stereocenters. The monoisotopic (exact) mass is 362 g/mol. The van der Waals surface area contributed by atoms with E-state index >= 15 is 0 Å². The van der Waals surface area contributed by atoms with E-state index in [4.69, 9.17) is 4.74 Å². The number of hydrogen-bond acceptors (Lipinski definition) is 4. The highest BCUT2D eigenvalue weighted by Gasteiger charge is 2.37. The number of ether oxygens (including phenoxy) is 1. The summed E-state index contributed by atoms with van der Waals surface area (Å²) >= 11 is 0. The van der Waals surface area contributed by atoms with Gasteiger partial charge in [0.25, 0.3) is 5.91 Å². The maximum atomic E-state index is 13.4. The van der Waals surface area contributed by atoms with Crippen LogP contribution in [0.1, 0.15) is 28.4 Å². The Bertz CT molecular complexity index is 1010. The van der Waals surface area contributed by atoms with E-state index in [9.17, 15) is 18.0 Å². The number of aromatic nitrogens is 3. The van der Waals surface area contributed by atoms with Crippen molar-refractivity contribution < 1.29 is 22.7 Å². The lowest BCUT2D eigenvalue weighted by atomic mass is 10.0. The number of carbonyl (C=O) groups is 1. The first kappa shape index (κ1) is 16.4. The number of amides is 1. The lowest BCUT2D eigenvalue weighted by molar-refractivity contribution is -0.137.